The Morgan fingerprint density at radius 1 is 1.25 bits per heavy atom. The number of rotatable bonds is 4. The monoisotopic (exact) mass is 280 g/mol. The molecule has 2 N–H and O–H groups in total. The average molecular weight is 280 g/mol. The van der Waals surface area contributed by atoms with E-state index in [-0.39, 0.29) is 12.6 Å². The number of benzene rings is 1. The second-order valence-corrected chi connectivity index (χ2v) is 4.62. The van der Waals surface area contributed by atoms with E-state index in [1.54, 1.807) is 18.2 Å². The van der Waals surface area contributed by atoms with E-state index in [1.165, 1.54) is 6.07 Å². The predicted molar refractivity (Wildman–Crippen MR) is 70.2 cm³/mol. The minimum absolute atomic E-state index is 0.0150. The third-order valence-corrected chi connectivity index (χ3v) is 3.12. The maximum Gasteiger partial charge on any atom is 0.309 e. The normalized spacial score (nSPS) is 17.8. The highest BCUT2D eigenvalue weighted by Crippen LogP contribution is 2.10. The minimum atomic E-state index is -0.772. The molecule has 1 aliphatic heterocycles. The van der Waals surface area contributed by atoms with Gasteiger partial charge in [0.15, 0.2) is 0 Å². The van der Waals surface area contributed by atoms with Crippen molar-refractivity contribution in [1.29, 1.82) is 0 Å². The van der Waals surface area contributed by atoms with Crippen molar-refractivity contribution < 1.29 is 18.7 Å². The maximum absolute atomic E-state index is 13.3. The number of hydrogen-bond donors (Lipinski definition) is 2. The van der Waals surface area contributed by atoms with Crippen LogP contribution in [0.15, 0.2) is 24.3 Å². The average Bonchev–Trinajstić information content (AvgIpc) is 2.97. The van der Waals surface area contributed by atoms with Crippen molar-refractivity contribution in [3.63, 3.8) is 0 Å². The Labute approximate surface area is 116 Å². The zero-order valence-corrected chi connectivity index (χ0v) is 11.0. The van der Waals surface area contributed by atoms with Crippen molar-refractivity contribution in [3.05, 3.63) is 35.6 Å². The summed E-state index contributed by atoms with van der Waals surface area (Å²) in [5.74, 6) is -1.91. The van der Waals surface area contributed by atoms with Crippen molar-refractivity contribution in [2.45, 2.75) is 25.5 Å². The van der Waals surface area contributed by atoms with Gasteiger partial charge in [-0.25, -0.2) is 4.39 Å². The third kappa shape index (κ3) is 4.03. The molecule has 6 heteroatoms. The van der Waals surface area contributed by atoms with Gasteiger partial charge < -0.3 is 15.4 Å². The van der Waals surface area contributed by atoms with Crippen molar-refractivity contribution in [1.82, 2.24) is 10.6 Å². The van der Waals surface area contributed by atoms with Crippen LogP contribution < -0.4 is 10.6 Å². The number of carbonyl (C=O) groups excluding carboxylic acids is 2. The number of carbonyl (C=O) groups is 2. The highest BCUT2D eigenvalue weighted by Gasteiger charge is 2.19. The summed E-state index contributed by atoms with van der Waals surface area (Å²) in [5.41, 5.74) is 0.341. The fraction of sp³-hybridized carbons (Fsp3) is 0.429. The summed E-state index contributed by atoms with van der Waals surface area (Å²) in [7, 11) is 0. The van der Waals surface area contributed by atoms with Crippen LogP contribution in [0.25, 0.3) is 0 Å². The van der Waals surface area contributed by atoms with E-state index in [4.69, 9.17) is 4.74 Å². The summed E-state index contributed by atoms with van der Waals surface area (Å²) in [6.45, 7) is 1.00. The quantitative estimate of drug-likeness (QED) is 0.799. The Morgan fingerprint density at radius 3 is 2.70 bits per heavy atom. The van der Waals surface area contributed by atoms with Gasteiger partial charge in [0.2, 0.25) is 0 Å². The molecule has 0 saturated carbocycles. The summed E-state index contributed by atoms with van der Waals surface area (Å²) in [4.78, 5) is 23.1. The lowest BCUT2D eigenvalue weighted by Crippen LogP contribution is -2.42. The predicted octanol–water partition coefficient (Wildman–Crippen LogP) is 0.737. The summed E-state index contributed by atoms with van der Waals surface area (Å²) in [6.07, 6.45) is 1.84. The molecule has 0 aromatic heterocycles. The molecule has 5 nitrogen and oxygen atoms in total. The topological polar surface area (TPSA) is 67.4 Å². The number of amides is 2. The molecule has 1 heterocycles. The first-order chi connectivity index (χ1) is 9.66. The summed E-state index contributed by atoms with van der Waals surface area (Å²) >= 11 is 0. The highest BCUT2D eigenvalue weighted by atomic mass is 19.1. The van der Waals surface area contributed by atoms with Crippen LogP contribution in [0.2, 0.25) is 0 Å². The van der Waals surface area contributed by atoms with Crippen LogP contribution >= 0.6 is 0 Å². The van der Waals surface area contributed by atoms with Crippen LogP contribution in [0.5, 0.6) is 0 Å². The molecule has 1 aromatic carbocycles. The standard InChI is InChI=1S/C14H17FN2O3/c15-12-6-2-1-4-10(12)8-16-13(18)14(19)17-9-11-5-3-7-20-11/h1-2,4,6,11H,3,5,7-9H2,(H,16,18)(H,17,19). The van der Waals surface area contributed by atoms with Crippen molar-refractivity contribution in [2.75, 3.05) is 13.2 Å². The van der Waals surface area contributed by atoms with Crippen molar-refractivity contribution in [2.24, 2.45) is 0 Å². The molecule has 1 aliphatic rings. The molecule has 2 amide bonds. The molecule has 20 heavy (non-hydrogen) atoms. The fourth-order valence-electron chi connectivity index (χ4n) is 1.99. The van der Waals surface area contributed by atoms with E-state index in [0.29, 0.717) is 18.7 Å². The molecule has 108 valence electrons. The van der Waals surface area contributed by atoms with Gasteiger partial charge in [0.05, 0.1) is 6.10 Å². The van der Waals surface area contributed by atoms with Gasteiger partial charge >= 0.3 is 11.8 Å². The summed E-state index contributed by atoms with van der Waals surface area (Å²) < 4.78 is 18.7. The molecule has 1 aromatic rings. The Morgan fingerprint density at radius 2 is 2.00 bits per heavy atom. The first-order valence-corrected chi connectivity index (χ1v) is 6.58. The van der Waals surface area contributed by atoms with Gasteiger partial charge in [-0.2, -0.15) is 0 Å². The number of ether oxygens (including phenoxy) is 1. The lowest BCUT2D eigenvalue weighted by atomic mass is 10.2. The van der Waals surface area contributed by atoms with Gasteiger partial charge in [0, 0.05) is 25.3 Å². The molecule has 0 spiro atoms. The Kier molecular flexibility index (Phi) is 5.06. The zero-order valence-electron chi connectivity index (χ0n) is 11.0. The lowest BCUT2D eigenvalue weighted by molar-refractivity contribution is -0.139. The molecule has 1 atom stereocenters. The Bertz CT molecular complexity index is 487. The highest BCUT2D eigenvalue weighted by molar-refractivity contribution is 6.35. The SMILES string of the molecule is O=C(NCc1ccccc1F)C(=O)NCC1CCCO1. The van der Waals surface area contributed by atoms with E-state index < -0.39 is 17.6 Å². The molecule has 0 radical (unpaired) electrons. The lowest BCUT2D eigenvalue weighted by Gasteiger charge is -2.10. The first kappa shape index (κ1) is 14.5. The molecular weight excluding hydrogens is 263 g/mol. The van der Waals surface area contributed by atoms with Gasteiger partial charge in [-0.05, 0) is 18.9 Å². The number of nitrogens with one attached hydrogen (secondary N) is 2. The summed E-state index contributed by atoms with van der Waals surface area (Å²) in [5, 5.41) is 4.89. The van der Waals surface area contributed by atoms with Crippen LogP contribution in [0.1, 0.15) is 18.4 Å². The fourth-order valence-corrected chi connectivity index (χ4v) is 1.99. The maximum atomic E-state index is 13.3. The molecule has 1 saturated heterocycles. The van der Waals surface area contributed by atoms with E-state index in [9.17, 15) is 14.0 Å². The number of hydrogen-bond acceptors (Lipinski definition) is 3. The molecule has 1 fully saturated rings. The second-order valence-electron chi connectivity index (χ2n) is 4.62. The van der Waals surface area contributed by atoms with Gasteiger partial charge in [-0.1, -0.05) is 18.2 Å². The van der Waals surface area contributed by atoms with Gasteiger partial charge in [-0.3, -0.25) is 9.59 Å². The Hall–Kier alpha value is -1.95. The van der Waals surface area contributed by atoms with Crippen LogP contribution in [0.3, 0.4) is 0 Å². The third-order valence-electron chi connectivity index (χ3n) is 3.12. The van der Waals surface area contributed by atoms with Gasteiger partial charge in [0.25, 0.3) is 0 Å². The van der Waals surface area contributed by atoms with E-state index >= 15 is 0 Å². The van der Waals surface area contributed by atoms with Crippen LogP contribution in [0.4, 0.5) is 4.39 Å². The first-order valence-electron chi connectivity index (χ1n) is 6.58. The largest absolute Gasteiger partial charge is 0.376 e. The number of halogens is 1. The minimum Gasteiger partial charge on any atom is -0.376 e. The molecule has 0 aliphatic carbocycles. The van der Waals surface area contributed by atoms with Gasteiger partial charge in [0.1, 0.15) is 5.82 Å². The van der Waals surface area contributed by atoms with E-state index in [2.05, 4.69) is 10.6 Å². The second kappa shape index (κ2) is 7.00. The van der Waals surface area contributed by atoms with Crippen molar-refractivity contribution in [3.8, 4) is 0 Å². The molecule has 2 rings (SSSR count). The molecule has 1 unspecified atom stereocenters. The molecule has 0 bridgehead atoms. The van der Waals surface area contributed by atoms with E-state index in [0.717, 1.165) is 12.8 Å². The van der Waals surface area contributed by atoms with E-state index in [1.807, 2.05) is 0 Å². The molecular formula is C14H17FN2O3. The van der Waals surface area contributed by atoms with Crippen LogP contribution in [0, 0.1) is 5.82 Å². The zero-order chi connectivity index (χ0) is 14.4. The smallest absolute Gasteiger partial charge is 0.309 e. The van der Waals surface area contributed by atoms with Gasteiger partial charge in [-0.15, -0.1) is 0 Å². The Balaban J connectivity index is 1.73. The summed E-state index contributed by atoms with van der Waals surface area (Å²) in [6, 6.07) is 6.09. The van der Waals surface area contributed by atoms with Crippen molar-refractivity contribution >= 4 is 11.8 Å². The van der Waals surface area contributed by atoms with Crippen LogP contribution in [-0.4, -0.2) is 31.1 Å². The van der Waals surface area contributed by atoms with Crippen LogP contribution in [-0.2, 0) is 20.9 Å².